The molecule has 1 aliphatic rings. The molecule has 2 aromatic heterocycles. The quantitative estimate of drug-likeness (QED) is 0.421. The summed E-state index contributed by atoms with van der Waals surface area (Å²) in [6.07, 6.45) is 11.7. The fraction of sp³-hybridized carbons (Fsp3) is 0.609. The van der Waals surface area contributed by atoms with E-state index in [0.717, 1.165) is 24.5 Å². The summed E-state index contributed by atoms with van der Waals surface area (Å²) in [5.41, 5.74) is 2.38. The summed E-state index contributed by atoms with van der Waals surface area (Å²) in [5.74, 6) is 0.551. The summed E-state index contributed by atoms with van der Waals surface area (Å²) in [6.45, 7) is 6.10. The van der Waals surface area contributed by atoms with E-state index in [1.807, 2.05) is 6.20 Å². The monoisotopic (exact) mass is 387 g/mol. The van der Waals surface area contributed by atoms with Crippen molar-refractivity contribution >= 4 is 11.3 Å². The normalized spacial score (nSPS) is 20.1. The highest BCUT2D eigenvalue weighted by Gasteiger charge is 2.24. The largest absolute Gasteiger partial charge is 0.347 e. The van der Waals surface area contributed by atoms with E-state index in [2.05, 4.69) is 43.1 Å². The van der Waals surface area contributed by atoms with Crippen LogP contribution in [0.25, 0.3) is 10.4 Å². The van der Waals surface area contributed by atoms with Crippen molar-refractivity contribution in [3.63, 3.8) is 0 Å². The molecule has 3 heterocycles. The first-order chi connectivity index (χ1) is 13.3. The molecule has 0 N–H and O–H groups in total. The lowest BCUT2D eigenvalue weighted by molar-refractivity contribution is -0.204. The third-order valence-corrected chi connectivity index (χ3v) is 6.34. The van der Waals surface area contributed by atoms with E-state index in [1.54, 1.807) is 11.3 Å². The summed E-state index contributed by atoms with van der Waals surface area (Å²) < 4.78 is 12.0. The number of pyridine rings is 1. The molecule has 0 aromatic carbocycles. The molecule has 0 radical (unpaired) electrons. The van der Waals surface area contributed by atoms with E-state index < -0.39 is 0 Å². The highest BCUT2D eigenvalue weighted by atomic mass is 32.1. The molecule has 3 nitrogen and oxygen atoms in total. The zero-order chi connectivity index (χ0) is 18.9. The third-order valence-electron chi connectivity index (χ3n) is 5.19. The number of unbranched alkanes of at least 4 members (excludes halogenated alkanes) is 4. The summed E-state index contributed by atoms with van der Waals surface area (Å²) in [7, 11) is 0. The zero-order valence-corrected chi connectivity index (χ0v) is 17.6. The molecule has 1 saturated heterocycles. The van der Waals surface area contributed by atoms with Crippen molar-refractivity contribution < 1.29 is 9.47 Å². The molecular weight excluding hydrogens is 354 g/mol. The highest BCUT2D eigenvalue weighted by Crippen LogP contribution is 2.35. The van der Waals surface area contributed by atoms with Gasteiger partial charge in [0.05, 0.1) is 18.1 Å². The van der Waals surface area contributed by atoms with Gasteiger partial charge in [-0.2, -0.15) is 0 Å². The number of ether oxygens (including phenoxy) is 2. The molecule has 0 spiro atoms. The van der Waals surface area contributed by atoms with Gasteiger partial charge in [0.2, 0.25) is 0 Å². The van der Waals surface area contributed by atoms with E-state index in [0.29, 0.717) is 5.92 Å². The van der Waals surface area contributed by atoms with Gasteiger partial charge in [0.15, 0.2) is 6.29 Å². The molecule has 4 heteroatoms. The molecule has 1 fully saturated rings. The number of rotatable bonds is 10. The minimum Gasteiger partial charge on any atom is -0.347 e. The Morgan fingerprint density at radius 2 is 1.78 bits per heavy atom. The molecule has 148 valence electrons. The third kappa shape index (κ3) is 6.13. The van der Waals surface area contributed by atoms with Gasteiger partial charge in [-0.25, -0.2) is 0 Å². The Bertz CT molecular complexity index is 659. The molecule has 2 aromatic rings. The Morgan fingerprint density at radius 3 is 2.48 bits per heavy atom. The Balaban J connectivity index is 1.52. The van der Waals surface area contributed by atoms with Crippen molar-refractivity contribution in [2.45, 2.75) is 71.5 Å². The Labute approximate surface area is 168 Å². The van der Waals surface area contributed by atoms with Crippen LogP contribution in [-0.2, 0) is 15.9 Å². The standard InChI is InChI=1S/C23H33NO2S/c1-3-5-7-8-10-20-12-11-19(15-24-20)21-13-14-22(27-21)23-25-16-18(17-26-23)9-6-4-2/h11-15,18,23H,3-10,16-17H2,1-2H3. The van der Waals surface area contributed by atoms with E-state index in [9.17, 15) is 0 Å². The van der Waals surface area contributed by atoms with Gasteiger partial charge in [-0.1, -0.05) is 52.0 Å². The first-order valence-corrected chi connectivity index (χ1v) is 11.4. The summed E-state index contributed by atoms with van der Waals surface area (Å²) >= 11 is 1.75. The van der Waals surface area contributed by atoms with Crippen molar-refractivity contribution in [2.24, 2.45) is 5.92 Å². The van der Waals surface area contributed by atoms with Crippen LogP contribution in [0.3, 0.4) is 0 Å². The predicted molar refractivity (Wildman–Crippen MR) is 113 cm³/mol. The van der Waals surface area contributed by atoms with Gasteiger partial charge in [0, 0.05) is 28.2 Å². The van der Waals surface area contributed by atoms with Crippen LogP contribution in [0.1, 0.15) is 75.7 Å². The lowest BCUT2D eigenvalue weighted by Crippen LogP contribution is -2.26. The Kier molecular flexibility index (Phi) is 8.31. The lowest BCUT2D eigenvalue weighted by Gasteiger charge is -2.28. The van der Waals surface area contributed by atoms with Gasteiger partial charge >= 0.3 is 0 Å². The summed E-state index contributed by atoms with van der Waals surface area (Å²) in [4.78, 5) is 7.04. The molecular formula is C23H33NO2S. The van der Waals surface area contributed by atoms with Gasteiger partial charge in [-0.05, 0) is 37.5 Å². The molecule has 0 amide bonds. The van der Waals surface area contributed by atoms with Gasteiger partial charge in [0.25, 0.3) is 0 Å². The van der Waals surface area contributed by atoms with Crippen LogP contribution in [-0.4, -0.2) is 18.2 Å². The Hall–Kier alpha value is -1.23. The van der Waals surface area contributed by atoms with Crippen LogP contribution in [0, 0.1) is 5.92 Å². The number of aryl methyl sites for hydroxylation is 1. The van der Waals surface area contributed by atoms with Gasteiger partial charge < -0.3 is 9.47 Å². The number of aromatic nitrogens is 1. The molecule has 0 bridgehead atoms. The van der Waals surface area contributed by atoms with Crippen LogP contribution >= 0.6 is 11.3 Å². The SMILES string of the molecule is CCCCCCc1ccc(-c2ccc(C3OCC(CCCC)CO3)s2)cn1. The van der Waals surface area contributed by atoms with Crippen LogP contribution in [0.4, 0.5) is 0 Å². The first-order valence-electron chi connectivity index (χ1n) is 10.6. The average molecular weight is 388 g/mol. The molecule has 0 aliphatic carbocycles. The number of hydrogen-bond donors (Lipinski definition) is 0. The second kappa shape index (κ2) is 10.9. The first kappa shape index (κ1) is 20.5. The molecule has 3 rings (SSSR count). The van der Waals surface area contributed by atoms with E-state index in [1.165, 1.54) is 61.1 Å². The molecule has 0 saturated carbocycles. The average Bonchev–Trinajstić information content (AvgIpc) is 3.21. The maximum Gasteiger partial charge on any atom is 0.193 e. The summed E-state index contributed by atoms with van der Waals surface area (Å²) in [5, 5.41) is 0. The number of hydrogen-bond acceptors (Lipinski definition) is 4. The smallest absolute Gasteiger partial charge is 0.193 e. The fourth-order valence-corrected chi connectivity index (χ4v) is 4.45. The molecule has 0 unspecified atom stereocenters. The maximum absolute atomic E-state index is 5.98. The topological polar surface area (TPSA) is 31.4 Å². The van der Waals surface area contributed by atoms with Crippen LogP contribution in [0.5, 0.6) is 0 Å². The van der Waals surface area contributed by atoms with Crippen molar-refractivity contribution in [3.05, 3.63) is 41.0 Å². The van der Waals surface area contributed by atoms with Crippen molar-refractivity contribution in [3.8, 4) is 10.4 Å². The summed E-state index contributed by atoms with van der Waals surface area (Å²) in [6, 6.07) is 8.66. The Morgan fingerprint density at radius 1 is 0.963 bits per heavy atom. The second-order valence-electron chi connectivity index (χ2n) is 7.56. The van der Waals surface area contributed by atoms with Gasteiger partial charge in [-0.3, -0.25) is 4.98 Å². The number of thiophene rings is 1. The maximum atomic E-state index is 5.98. The van der Waals surface area contributed by atoms with E-state index in [4.69, 9.17) is 9.47 Å². The van der Waals surface area contributed by atoms with Crippen molar-refractivity contribution in [1.29, 1.82) is 0 Å². The molecule has 1 aliphatic heterocycles. The number of nitrogens with zero attached hydrogens (tertiary/aromatic N) is 1. The van der Waals surface area contributed by atoms with Crippen molar-refractivity contribution in [2.75, 3.05) is 13.2 Å². The fourth-order valence-electron chi connectivity index (χ4n) is 3.45. The van der Waals surface area contributed by atoms with Gasteiger partial charge in [-0.15, -0.1) is 11.3 Å². The van der Waals surface area contributed by atoms with Crippen molar-refractivity contribution in [1.82, 2.24) is 4.98 Å². The van der Waals surface area contributed by atoms with Crippen LogP contribution in [0.15, 0.2) is 30.5 Å². The minimum absolute atomic E-state index is 0.201. The highest BCUT2D eigenvalue weighted by molar-refractivity contribution is 7.15. The van der Waals surface area contributed by atoms with Crippen LogP contribution in [0.2, 0.25) is 0 Å². The molecule has 27 heavy (non-hydrogen) atoms. The zero-order valence-electron chi connectivity index (χ0n) is 16.8. The van der Waals surface area contributed by atoms with Gasteiger partial charge in [0.1, 0.15) is 0 Å². The molecule has 0 atom stereocenters. The van der Waals surface area contributed by atoms with E-state index >= 15 is 0 Å². The predicted octanol–water partition coefficient (Wildman–Crippen LogP) is 6.78. The van der Waals surface area contributed by atoms with E-state index in [-0.39, 0.29) is 6.29 Å². The second-order valence-corrected chi connectivity index (χ2v) is 8.67. The minimum atomic E-state index is -0.201. The van der Waals surface area contributed by atoms with Crippen LogP contribution < -0.4 is 0 Å². The lowest BCUT2D eigenvalue weighted by atomic mass is 10.0.